The highest BCUT2D eigenvalue weighted by molar-refractivity contribution is 5.57. The second kappa shape index (κ2) is 5.62. The average molecular weight is 279 g/mol. The van der Waals surface area contributed by atoms with Crippen molar-refractivity contribution in [3.63, 3.8) is 0 Å². The lowest BCUT2D eigenvalue weighted by Gasteiger charge is -2.09. The predicted molar refractivity (Wildman–Crippen MR) is 77.5 cm³/mol. The van der Waals surface area contributed by atoms with Gasteiger partial charge in [-0.25, -0.2) is 4.98 Å². The Morgan fingerprint density at radius 2 is 1.90 bits per heavy atom. The summed E-state index contributed by atoms with van der Waals surface area (Å²) in [6, 6.07) is 5.18. The molecule has 6 nitrogen and oxygen atoms in total. The highest BCUT2D eigenvalue weighted by Crippen LogP contribution is 2.14. The van der Waals surface area contributed by atoms with E-state index in [4.69, 9.17) is 0 Å². The first-order chi connectivity index (χ1) is 10.2. The van der Waals surface area contributed by atoms with E-state index in [-0.39, 0.29) is 5.56 Å². The molecule has 0 amide bonds. The smallest absolute Gasteiger partial charge is 0.253 e. The zero-order chi connectivity index (χ0) is 14.7. The number of pyridine rings is 1. The van der Waals surface area contributed by atoms with Crippen LogP contribution in [0.4, 0.5) is 0 Å². The molecule has 3 aromatic rings. The molecule has 0 N–H and O–H groups in total. The fraction of sp³-hybridized carbons (Fsp3) is 0.133. The van der Waals surface area contributed by atoms with Gasteiger partial charge in [0.2, 0.25) is 0 Å². The topological polar surface area (TPSA) is 73.6 Å². The van der Waals surface area contributed by atoms with Crippen molar-refractivity contribution in [1.82, 2.24) is 24.5 Å². The fourth-order valence-electron chi connectivity index (χ4n) is 2.00. The summed E-state index contributed by atoms with van der Waals surface area (Å²) in [7, 11) is 1.71. The molecule has 6 heteroatoms. The van der Waals surface area contributed by atoms with Gasteiger partial charge in [-0.05, 0) is 12.1 Å². The van der Waals surface area contributed by atoms with E-state index in [9.17, 15) is 4.79 Å². The van der Waals surface area contributed by atoms with E-state index in [1.807, 2.05) is 12.1 Å². The summed E-state index contributed by atoms with van der Waals surface area (Å²) < 4.78 is 1.53. The third-order valence-electron chi connectivity index (χ3n) is 3.16. The summed E-state index contributed by atoms with van der Waals surface area (Å²) in [4.78, 5) is 28.9. The average Bonchev–Trinajstić information content (AvgIpc) is 2.53. The van der Waals surface area contributed by atoms with Crippen molar-refractivity contribution in [3.8, 4) is 11.3 Å². The second-order valence-corrected chi connectivity index (χ2v) is 4.56. The molecular formula is C15H13N5O. The van der Waals surface area contributed by atoms with Crippen molar-refractivity contribution in [2.24, 2.45) is 7.05 Å². The van der Waals surface area contributed by atoms with Crippen molar-refractivity contribution in [3.05, 3.63) is 71.1 Å². The maximum Gasteiger partial charge on any atom is 0.253 e. The van der Waals surface area contributed by atoms with Crippen LogP contribution in [-0.4, -0.2) is 24.5 Å². The molecule has 0 aliphatic carbocycles. The van der Waals surface area contributed by atoms with Crippen LogP contribution in [0.1, 0.15) is 11.5 Å². The minimum Gasteiger partial charge on any atom is -0.299 e. The molecule has 0 aromatic carbocycles. The van der Waals surface area contributed by atoms with Gasteiger partial charge in [0, 0.05) is 56.1 Å². The van der Waals surface area contributed by atoms with Crippen LogP contribution in [-0.2, 0) is 13.5 Å². The molecule has 0 atom stereocenters. The van der Waals surface area contributed by atoms with Gasteiger partial charge in [-0.1, -0.05) is 0 Å². The van der Waals surface area contributed by atoms with E-state index < -0.39 is 0 Å². The highest BCUT2D eigenvalue weighted by Gasteiger charge is 2.09. The van der Waals surface area contributed by atoms with E-state index in [1.165, 1.54) is 10.6 Å². The molecule has 0 aliphatic rings. The highest BCUT2D eigenvalue weighted by atomic mass is 16.1. The zero-order valence-electron chi connectivity index (χ0n) is 11.5. The lowest BCUT2D eigenvalue weighted by atomic mass is 10.2. The molecule has 0 spiro atoms. The van der Waals surface area contributed by atoms with Crippen molar-refractivity contribution < 1.29 is 0 Å². The lowest BCUT2D eigenvalue weighted by molar-refractivity contribution is 0.741. The predicted octanol–water partition coefficient (Wildman–Crippen LogP) is 1.22. The Labute approximate surface area is 121 Å². The summed E-state index contributed by atoms with van der Waals surface area (Å²) in [6.45, 7) is 0. The second-order valence-electron chi connectivity index (χ2n) is 4.56. The number of hydrogen-bond acceptors (Lipinski definition) is 5. The van der Waals surface area contributed by atoms with E-state index in [1.54, 1.807) is 38.0 Å². The van der Waals surface area contributed by atoms with Crippen molar-refractivity contribution in [2.75, 3.05) is 0 Å². The molecule has 0 radical (unpaired) electrons. The third-order valence-corrected chi connectivity index (χ3v) is 3.16. The Balaban J connectivity index is 2.05. The zero-order valence-corrected chi connectivity index (χ0v) is 11.5. The standard InChI is InChI=1S/C15H13N5O/c1-20-14(8-12-10-17-6-7-18-12)19-13(9-15(20)21)11-2-4-16-5-3-11/h2-7,9-10H,8H2,1H3. The van der Waals surface area contributed by atoms with Gasteiger partial charge in [-0.15, -0.1) is 0 Å². The van der Waals surface area contributed by atoms with Crippen LogP contribution in [0.15, 0.2) is 54.0 Å². The van der Waals surface area contributed by atoms with Crippen LogP contribution in [0.3, 0.4) is 0 Å². The normalized spacial score (nSPS) is 10.5. The minimum absolute atomic E-state index is 0.101. The Bertz CT molecular complexity index is 799. The summed E-state index contributed by atoms with van der Waals surface area (Å²) in [5.74, 6) is 0.648. The Morgan fingerprint density at radius 3 is 2.62 bits per heavy atom. The lowest BCUT2D eigenvalue weighted by Crippen LogP contribution is -2.22. The van der Waals surface area contributed by atoms with Gasteiger partial charge in [0.05, 0.1) is 11.4 Å². The van der Waals surface area contributed by atoms with Crippen molar-refractivity contribution in [2.45, 2.75) is 6.42 Å². The van der Waals surface area contributed by atoms with Gasteiger partial charge in [0.1, 0.15) is 5.82 Å². The van der Waals surface area contributed by atoms with Gasteiger partial charge >= 0.3 is 0 Å². The first kappa shape index (κ1) is 13.1. The van der Waals surface area contributed by atoms with Crippen LogP contribution in [0, 0.1) is 0 Å². The number of rotatable bonds is 3. The monoisotopic (exact) mass is 279 g/mol. The molecule has 0 unspecified atom stereocenters. The molecule has 3 heterocycles. The third kappa shape index (κ3) is 2.84. The Kier molecular flexibility index (Phi) is 3.51. The first-order valence-electron chi connectivity index (χ1n) is 6.46. The number of aromatic nitrogens is 5. The SMILES string of the molecule is Cn1c(Cc2cnccn2)nc(-c2ccncc2)cc1=O. The first-order valence-corrected chi connectivity index (χ1v) is 6.46. The summed E-state index contributed by atoms with van der Waals surface area (Å²) in [5.41, 5.74) is 2.17. The fourth-order valence-corrected chi connectivity index (χ4v) is 2.00. The Morgan fingerprint density at radius 1 is 1.10 bits per heavy atom. The molecule has 0 aliphatic heterocycles. The van der Waals surface area contributed by atoms with Crippen LogP contribution < -0.4 is 5.56 Å². The van der Waals surface area contributed by atoms with Crippen LogP contribution >= 0.6 is 0 Å². The molecule has 0 fully saturated rings. The molecule has 3 aromatic heterocycles. The Hall–Kier alpha value is -2.89. The van der Waals surface area contributed by atoms with Gasteiger partial charge in [0.15, 0.2) is 0 Å². The molecule has 3 rings (SSSR count). The quantitative estimate of drug-likeness (QED) is 0.720. The molecule has 0 saturated carbocycles. The van der Waals surface area contributed by atoms with Gasteiger partial charge in [-0.3, -0.25) is 24.3 Å². The molecule has 0 saturated heterocycles. The van der Waals surface area contributed by atoms with Gasteiger partial charge in [0.25, 0.3) is 5.56 Å². The van der Waals surface area contributed by atoms with Crippen LogP contribution in [0.25, 0.3) is 11.3 Å². The maximum atomic E-state index is 12.1. The van der Waals surface area contributed by atoms with E-state index in [0.717, 1.165) is 11.3 Å². The van der Waals surface area contributed by atoms with E-state index in [0.29, 0.717) is 17.9 Å². The summed E-state index contributed by atoms with van der Waals surface area (Å²) >= 11 is 0. The molecule has 21 heavy (non-hydrogen) atoms. The number of nitrogens with zero attached hydrogens (tertiary/aromatic N) is 5. The minimum atomic E-state index is -0.101. The van der Waals surface area contributed by atoms with E-state index >= 15 is 0 Å². The summed E-state index contributed by atoms with van der Waals surface area (Å²) in [5, 5.41) is 0. The largest absolute Gasteiger partial charge is 0.299 e. The van der Waals surface area contributed by atoms with Crippen LogP contribution in [0.2, 0.25) is 0 Å². The molecule has 104 valence electrons. The molecule has 0 bridgehead atoms. The van der Waals surface area contributed by atoms with Crippen LogP contribution in [0.5, 0.6) is 0 Å². The summed E-state index contributed by atoms with van der Waals surface area (Å²) in [6.07, 6.45) is 8.72. The number of hydrogen-bond donors (Lipinski definition) is 0. The van der Waals surface area contributed by atoms with Crippen molar-refractivity contribution in [1.29, 1.82) is 0 Å². The molecular weight excluding hydrogens is 266 g/mol. The van der Waals surface area contributed by atoms with Gasteiger partial charge in [-0.2, -0.15) is 0 Å². The maximum absolute atomic E-state index is 12.1. The van der Waals surface area contributed by atoms with Crippen molar-refractivity contribution >= 4 is 0 Å². The van der Waals surface area contributed by atoms with Gasteiger partial charge < -0.3 is 0 Å². The van der Waals surface area contributed by atoms with E-state index in [2.05, 4.69) is 19.9 Å².